The normalized spacial score (nSPS) is 18.8. The van der Waals surface area contributed by atoms with Gasteiger partial charge < -0.3 is 10.6 Å². The highest BCUT2D eigenvalue weighted by Gasteiger charge is 2.13. The van der Waals surface area contributed by atoms with E-state index in [1.54, 1.807) is 6.20 Å². The smallest absolute Gasteiger partial charge is 0.220 e. The number of rotatable bonds is 6. The van der Waals surface area contributed by atoms with E-state index < -0.39 is 0 Å². The number of hydrogen-bond donors (Lipinski definition) is 2. The lowest BCUT2D eigenvalue weighted by Gasteiger charge is -2.10. The van der Waals surface area contributed by atoms with Gasteiger partial charge in [0.2, 0.25) is 5.91 Å². The van der Waals surface area contributed by atoms with E-state index in [4.69, 9.17) is 0 Å². The first-order valence-corrected chi connectivity index (χ1v) is 6.74. The van der Waals surface area contributed by atoms with Crippen LogP contribution in [-0.2, 0) is 11.2 Å². The van der Waals surface area contributed by atoms with Gasteiger partial charge in [-0.1, -0.05) is 6.07 Å². The highest BCUT2D eigenvalue weighted by Crippen LogP contribution is 2.07. The molecule has 4 nitrogen and oxygen atoms in total. The Morgan fingerprint density at radius 3 is 3.17 bits per heavy atom. The van der Waals surface area contributed by atoms with Crippen molar-refractivity contribution in [1.29, 1.82) is 0 Å². The quantitative estimate of drug-likeness (QED) is 0.796. The highest BCUT2D eigenvalue weighted by molar-refractivity contribution is 5.76. The molecular weight excluding hydrogens is 226 g/mol. The molecule has 1 aliphatic rings. The Bertz CT molecular complexity index is 361. The van der Waals surface area contributed by atoms with Gasteiger partial charge >= 0.3 is 0 Å². The molecule has 1 aliphatic heterocycles. The van der Waals surface area contributed by atoms with Crippen LogP contribution >= 0.6 is 0 Å². The number of carbonyl (C=O) groups is 1. The van der Waals surface area contributed by atoms with E-state index in [9.17, 15) is 4.79 Å². The lowest BCUT2D eigenvalue weighted by Crippen LogP contribution is -2.30. The van der Waals surface area contributed by atoms with Gasteiger partial charge in [0, 0.05) is 30.9 Å². The van der Waals surface area contributed by atoms with Crippen molar-refractivity contribution in [2.75, 3.05) is 13.1 Å². The third kappa shape index (κ3) is 4.45. The summed E-state index contributed by atoms with van der Waals surface area (Å²) in [5.41, 5.74) is 0.977. The molecule has 1 aromatic rings. The SMILES string of the molecule is O=C(CCc1ccccn1)NCCC1CCCN1. The highest BCUT2D eigenvalue weighted by atomic mass is 16.1. The lowest BCUT2D eigenvalue weighted by molar-refractivity contribution is -0.121. The first-order valence-electron chi connectivity index (χ1n) is 6.74. The Balaban J connectivity index is 1.57. The van der Waals surface area contributed by atoms with E-state index in [2.05, 4.69) is 15.6 Å². The minimum Gasteiger partial charge on any atom is -0.356 e. The summed E-state index contributed by atoms with van der Waals surface area (Å²) in [5.74, 6) is 0.124. The average molecular weight is 247 g/mol. The number of pyridine rings is 1. The maximum atomic E-state index is 11.6. The number of aromatic nitrogens is 1. The molecule has 2 heterocycles. The second-order valence-corrected chi connectivity index (χ2v) is 4.75. The fourth-order valence-corrected chi connectivity index (χ4v) is 2.26. The van der Waals surface area contributed by atoms with Gasteiger partial charge in [0.05, 0.1) is 0 Å². The average Bonchev–Trinajstić information content (AvgIpc) is 2.91. The number of aryl methyl sites for hydroxylation is 1. The van der Waals surface area contributed by atoms with Crippen LogP contribution in [0.15, 0.2) is 24.4 Å². The zero-order valence-corrected chi connectivity index (χ0v) is 10.7. The van der Waals surface area contributed by atoms with Crippen LogP contribution in [0.1, 0.15) is 31.4 Å². The van der Waals surface area contributed by atoms with Crippen molar-refractivity contribution in [2.45, 2.75) is 38.1 Å². The summed E-state index contributed by atoms with van der Waals surface area (Å²) in [6.45, 7) is 1.90. The molecule has 1 aromatic heterocycles. The summed E-state index contributed by atoms with van der Waals surface area (Å²) in [6, 6.07) is 6.39. The van der Waals surface area contributed by atoms with Gasteiger partial charge in [0.25, 0.3) is 0 Å². The van der Waals surface area contributed by atoms with Crippen LogP contribution in [-0.4, -0.2) is 30.0 Å². The molecule has 1 unspecified atom stereocenters. The van der Waals surface area contributed by atoms with Gasteiger partial charge in [-0.25, -0.2) is 0 Å². The molecule has 2 N–H and O–H groups in total. The van der Waals surface area contributed by atoms with Gasteiger partial charge in [0.1, 0.15) is 0 Å². The van der Waals surface area contributed by atoms with Crippen LogP contribution in [0.5, 0.6) is 0 Å². The Labute approximate surface area is 108 Å². The van der Waals surface area contributed by atoms with Crippen LogP contribution < -0.4 is 10.6 Å². The number of carbonyl (C=O) groups excluding carboxylic acids is 1. The maximum Gasteiger partial charge on any atom is 0.220 e. The van der Waals surface area contributed by atoms with Crippen LogP contribution in [0.25, 0.3) is 0 Å². The summed E-state index contributed by atoms with van der Waals surface area (Å²) in [5, 5.41) is 6.40. The zero-order chi connectivity index (χ0) is 12.6. The molecule has 0 spiro atoms. The fourth-order valence-electron chi connectivity index (χ4n) is 2.26. The molecule has 0 radical (unpaired) electrons. The summed E-state index contributed by atoms with van der Waals surface area (Å²) in [7, 11) is 0. The number of amides is 1. The summed E-state index contributed by atoms with van der Waals surface area (Å²) in [6.07, 6.45) is 6.54. The minimum absolute atomic E-state index is 0.124. The molecule has 0 bridgehead atoms. The molecule has 0 aromatic carbocycles. The molecular formula is C14H21N3O. The van der Waals surface area contributed by atoms with Crippen molar-refractivity contribution in [3.8, 4) is 0 Å². The summed E-state index contributed by atoms with van der Waals surface area (Å²) < 4.78 is 0. The molecule has 98 valence electrons. The third-order valence-corrected chi connectivity index (χ3v) is 3.31. The molecule has 1 fully saturated rings. The van der Waals surface area contributed by atoms with Gasteiger partial charge in [-0.15, -0.1) is 0 Å². The number of nitrogens with one attached hydrogen (secondary N) is 2. The second kappa shape index (κ2) is 7.11. The molecule has 4 heteroatoms. The standard InChI is InChI=1S/C14H21N3O/c18-14(7-6-12-4-1-2-9-15-12)17-11-8-13-5-3-10-16-13/h1-2,4,9,13,16H,3,5-8,10-11H2,(H,17,18). The molecule has 18 heavy (non-hydrogen) atoms. The van der Waals surface area contributed by atoms with Crippen molar-refractivity contribution in [1.82, 2.24) is 15.6 Å². The monoisotopic (exact) mass is 247 g/mol. The van der Waals surface area contributed by atoms with Crippen LogP contribution in [0, 0.1) is 0 Å². The summed E-state index contributed by atoms with van der Waals surface area (Å²) in [4.78, 5) is 15.8. The molecule has 1 amide bonds. The van der Waals surface area contributed by atoms with E-state index in [-0.39, 0.29) is 5.91 Å². The topological polar surface area (TPSA) is 54.0 Å². The van der Waals surface area contributed by atoms with Crippen molar-refractivity contribution in [3.63, 3.8) is 0 Å². The number of hydrogen-bond acceptors (Lipinski definition) is 3. The summed E-state index contributed by atoms with van der Waals surface area (Å²) >= 11 is 0. The molecule has 2 rings (SSSR count). The molecule has 1 atom stereocenters. The maximum absolute atomic E-state index is 11.6. The van der Waals surface area contributed by atoms with E-state index in [1.165, 1.54) is 12.8 Å². The van der Waals surface area contributed by atoms with Gasteiger partial charge in [-0.05, 0) is 44.4 Å². The lowest BCUT2D eigenvalue weighted by atomic mass is 10.1. The molecule has 0 saturated carbocycles. The predicted molar refractivity (Wildman–Crippen MR) is 71.2 cm³/mol. The van der Waals surface area contributed by atoms with Crippen LogP contribution in [0.4, 0.5) is 0 Å². The minimum atomic E-state index is 0.124. The van der Waals surface area contributed by atoms with Crippen molar-refractivity contribution >= 4 is 5.91 Å². The van der Waals surface area contributed by atoms with Crippen molar-refractivity contribution < 1.29 is 4.79 Å². The first-order chi connectivity index (χ1) is 8.84. The Morgan fingerprint density at radius 1 is 1.50 bits per heavy atom. The van der Waals surface area contributed by atoms with Crippen LogP contribution in [0.3, 0.4) is 0 Å². The molecule has 1 saturated heterocycles. The zero-order valence-electron chi connectivity index (χ0n) is 10.7. The Morgan fingerprint density at radius 2 is 2.44 bits per heavy atom. The Kier molecular flexibility index (Phi) is 5.15. The Hall–Kier alpha value is -1.42. The molecule has 0 aliphatic carbocycles. The number of nitrogens with zero attached hydrogens (tertiary/aromatic N) is 1. The second-order valence-electron chi connectivity index (χ2n) is 4.75. The van der Waals surface area contributed by atoms with E-state index in [1.807, 2.05) is 18.2 Å². The van der Waals surface area contributed by atoms with Crippen LogP contribution in [0.2, 0.25) is 0 Å². The van der Waals surface area contributed by atoms with E-state index >= 15 is 0 Å². The van der Waals surface area contributed by atoms with Gasteiger partial charge in [-0.2, -0.15) is 0 Å². The van der Waals surface area contributed by atoms with Gasteiger partial charge in [0.15, 0.2) is 0 Å². The predicted octanol–water partition coefficient (Wildman–Crippen LogP) is 1.27. The third-order valence-electron chi connectivity index (χ3n) is 3.31. The fraction of sp³-hybridized carbons (Fsp3) is 0.571. The van der Waals surface area contributed by atoms with Crippen molar-refractivity contribution in [3.05, 3.63) is 30.1 Å². The van der Waals surface area contributed by atoms with Crippen molar-refractivity contribution in [2.24, 2.45) is 0 Å². The van der Waals surface area contributed by atoms with Gasteiger partial charge in [-0.3, -0.25) is 9.78 Å². The first kappa shape index (κ1) is 13.0. The van der Waals surface area contributed by atoms with E-state index in [0.29, 0.717) is 18.9 Å². The largest absolute Gasteiger partial charge is 0.356 e. The van der Waals surface area contributed by atoms with E-state index in [0.717, 1.165) is 25.2 Å².